The molecule has 0 spiro atoms. The third kappa shape index (κ3) is 1.57. The molecule has 54 valence electrons. The molecule has 0 fully saturated rings. The molecule has 10 heavy (non-hydrogen) atoms. The van der Waals surface area contributed by atoms with Crippen LogP contribution < -0.4 is 0 Å². The van der Waals surface area contributed by atoms with Gasteiger partial charge in [-0.3, -0.25) is 0 Å². The normalized spacial score (nSPS) is 9.70. The standard InChI is InChI=1S/C6H6ClNO2/c7-3-5-1-2-6(10-5)4-8-9/h1-2H,3-4H2. The van der Waals surface area contributed by atoms with Crippen LogP contribution in [0, 0.1) is 4.91 Å². The zero-order valence-electron chi connectivity index (χ0n) is 5.21. The molecule has 0 saturated heterocycles. The molecule has 1 rings (SSSR count). The Balaban J connectivity index is 2.67. The molecule has 0 bridgehead atoms. The van der Waals surface area contributed by atoms with Crippen LogP contribution >= 0.6 is 11.6 Å². The maximum atomic E-state index is 9.73. The Bertz CT molecular complexity index is 221. The van der Waals surface area contributed by atoms with Crippen molar-refractivity contribution in [1.29, 1.82) is 0 Å². The number of halogens is 1. The van der Waals surface area contributed by atoms with E-state index < -0.39 is 0 Å². The Morgan fingerprint density at radius 2 is 2.20 bits per heavy atom. The van der Waals surface area contributed by atoms with Crippen LogP contribution in [0.2, 0.25) is 0 Å². The van der Waals surface area contributed by atoms with Gasteiger partial charge >= 0.3 is 0 Å². The first-order valence-corrected chi connectivity index (χ1v) is 3.33. The summed E-state index contributed by atoms with van der Waals surface area (Å²) in [4.78, 5) is 9.73. The van der Waals surface area contributed by atoms with E-state index in [0.717, 1.165) is 0 Å². The molecule has 0 N–H and O–H groups in total. The van der Waals surface area contributed by atoms with Crippen LogP contribution in [0.5, 0.6) is 0 Å². The second kappa shape index (κ2) is 3.37. The smallest absolute Gasteiger partial charge is 0.139 e. The lowest BCUT2D eigenvalue weighted by Gasteiger charge is -1.84. The van der Waals surface area contributed by atoms with Gasteiger partial charge in [-0.15, -0.1) is 11.6 Å². The van der Waals surface area contributed by atoms with Gasteiger partial charge < -0.3 is 4.42 Å². The van der Waals surface area contributed by atoms with Gasteiger partial charge in [0.25, 0.3) is 0 Å². The van der Waals surface area contributed by atoms with Crippen LogP contribution in [-0.2, 0) is 12.4 Å². The fourth-order valence-corrected chi connectivity index (χ4v) is 0.786. The number of nitroso groups, excluding NO2 is 1. The Labute approximate surface area is 63.0 Å². The molecular formula is C6H6ClNO2. The fourth-order valence-electron chi connectivity index (χ4n) is 0.643. The summed E-state index contributed by atoms with van der Waals surface area (Å²) in [7, 11) is 0. The number of hydrogen-bond acceptors (Lipinski definition) is 3. The molecule has 0 aliphatic heterocycles. The van der Waals surface area contributed by atoms with Gasteiger partial charge in [-0.05, 0) is 12.1 Å². The van der Waals surface area contributed by atoms with E-state index in [1.54, 1.807) is 12.1 Å². The number of hydrogen-bond donors (Lipinski definition) is 0. The second-order valence-electron chi connectivity index (χ2n) is 1.79. The number of alkyl halides is 1. The zero-order valence-corrected chi connectivity index (χ0v) is 5.97. The van der Waals surface area contributed by atoms with Crippen LogP contribution in [0.4, 0.5) is 0 Å². The molecule has 0 radical (unpaired) electrons. The molecule has 0 aliphatic rings. The van der Waals surface area contributed by atoms with Crippen LogP contribution in [0.1, 0.15) is 11.5 Å². The van der Waals surface area contributed by atoms with E-state index in [4.69, 9.17) is 16.0 Å². The fraction of sp³-hybridized carbons (Fsp3) is 0.333. The monoisotopic (exact) mass is 159 g/mol. The van der Waals surface area contributed by atoms with Gasteiger partial charge in [0.2, 0.25) is 0 Å². The first-order chi connectivity index (χ1) is 4.86. The van der Waals surface area contributed by atoms with E-state index in [9.17, 15) is 4.91 Å². The van der Waals surface area contributed by atoms with Crippen molar-refractivity contribution in [2.24, 2.45) is 5.18 Å². The van der Waals surface area contributed by atoms with Gasteiger partial charge in [0.05, 0.1) is 5.88 Å². The summed E-state index contributed by atoms with van der Waals surface area (Å²) in [5, 5.41) is 2.67. The largest absolute Gasteiger partial charge is 0.463 e. The SMILES string of the molecule is O=NCc1ccc(CCl)o1. The van der Waals surface area contributed by atoms with Crippen molar-refractivity contribution in [3.63, 3.8) is 0 Å². The van der Waals surface area contributed by atoms with Crippen molar-refractivity contribution in [2.75, 3.05) is 0 Å². The van der Waals surface area contributed by atoms with Gasteiger partial charge in [-0.1, -0.05) is 5.18 Å². The minimum Gasteiger partial charge on any atom is -0.463 e. The van der Waals surface area contributed by atoms with Crippen molar-refractivity contribution in [3.8, 4) is 0 Å². The molecular weight excluding hydrogens is 154 g/mol. The van der Waals surface area contributed by atoms with Crippen LogP contribution in [-0.4, -0.2) is 0 Å². The predicted molar refractivity (Wildman–Crippen MR) is 37.8 cm³/mol. The van der Waals surface area contributed by atoms with Gasteiger partial charge in [0.15, 0.2) is 0 Å². The van der Waals surface area contributed by atoms with E-state index in [2.05, 4.69) is 5.18 Å². The molecule has 0 atom stereocenters. The highest BCUT2D eigenvalue weighted by Crippen LogP contribution is 2.10. The lowest BCUT2D eigenvalue weighted by Crippen LogP contribution is -1.72. The van der Waals surface area contributed by atoms with Crippen LogP contribution in [0.15, 0.2) is 21.7 Å². The maximum Gasteiger partial charge on any atom is 0.139 e. The molecule has 1 heterocycles. The summed E-state index contributed by atoms with van der Waals surface area (Å²) in [6.45, 7) is 0.0802. The first-order valence-electron chi connectivity index (χ1n) is 2.79. The highest BCUT2D eigenvalue weighted by Gasteiger charge is 1.98. The van der Waals surface area contributed by atoms with E-state index in [1.807, 2.05) is 0 Å². The minimum atomic E-state index is 0.0802. The van der Waals surface area contributed by atoms with E-state index >= 15 is 0 Å². The Hall–Kier alpha value is -0.830. The summed E-state index contributed by atoms with van der Waals surface area (Å²) in [5.41, 5.74) is 0. The highest BCUT2D eigenvalue weighted by molar-refractivity contribution is 6.16. The molecule has 0 amide bonds. The highest BCUT2D eigenvalue weighted by atomic mass is 35.5. The Morgan fingerprint density at radius 3 is 2.70 bits per heavy atom. The number of rotatable bonds is 3. The third-order valence-electron chi connectivity index (χ3n) is 1.07. The lowest BCUT2D eigenvalue weighted by atomic mass is 10.4. The zero-order chi connectivity index (χ0) is 7.40. The van der Waals surface area contributed by atoms with E-state index in [-0.39, 0.29) is 6.54 Å². The first kappa shape index (κ1) is 7.28. The molecule has 1 aromatic heterocycles. The molecule has 1 aromatic rings. The quantitative estimate of drug-likeness (QED) is 0.502. The topological polar surface area (TPSA) is 42.6 Å². The van der Waals surface area contributed by atoms with Crippen molar-refractivity contribution in [3.05, 3.63) is 28.6 Å². The van der Waals surface area contributed by atoms with Crippen molar-refractivity contribution in [1.82, 2.24) is 0 Å². The number of furan rings is 1. The van der Waals surface area contributed by atoms with Crippen LogP contribution in [0.3, 0.4) is 0 Å². The maximum absolute atomic E-state index is 9.73. The van der Waals surface area contributed by atoms with Gasteiger partial charge in [0.1, 0.15) is 18.1 Å². The summed E-state index contributed by atoms with van der Waals surface area (Å²) >= 11 is 5.44. The average Bonchev–Trinajstić information content (AvgIpc) is 2.37. The lowest BCUT2D eigenvalue weighted by molar-refractivity contribution is 0.481. The molecule has 0 aromatic carbocycles. The predicted octanol–water partition coefficient (Wildman–Crippen LogP) is 2.28. The van der Waals surface area contributed by atoms with Gasteiger partial charge in [-0.2, -0.15) is 4.91 Å². The summed E-state index contributed by atoms with van der Waals surface area (Å²) in [6.07, 6.45) is 0. The molecule has 3 nitrogen and oxygen atoms in total. The second-order valence-corrected chi connectivity index (χ2v) is 2.06. The van der Waals surface area contributed by atoms with Crippen LogP contribution in [0.25, 0.3) is 0 Å². The average molecular weight is 160 g/mol. The molecule has 4 heteroatoms. The summed E-state index contributed by atoms with van der Waals surface area (Å²) < 4.78 is 5.05. The summed E-state index contributed by atoms with van der Waals surface area (Å²) in [6, 6.07) is 3.42. The van der Waals surface area contributed by atoms with Crippen molar-refractivity contribution < 1.29 is 4.42 Å². The summed E-state index contributed by atoms with van der Waals surface area (Å²) in [5.74, 6) is 1.56. The van der Waals surface area contributed by atoms with Crippen molar-refractivity contribution >= 4 is 11.6 Å². The van der Waals surface area contributed by atoms with Crippen molar-refractivity contribution in [2.45, 2.75) is 12.4 Å². The Morgan fingerprint density at radius 1 is 1.50 bits per heavy atom. The Kier molecular flexibility index (Phi) is 2.45. The molecule has 0 aliphatic carbocycles. The molecule has 0 unspecified atom stereocenters. The van der Waals surface area contributed by atoms with E-state index in [1.165, 1.54) is 0 Å². The van der Waals surface area contributed by atoms with E-state index in [0.29, 0.717) is 17.4 Å². The van der Waals surface area contributed by atoms with Gasteiger partial charge in [0, 0.05) is 0 Å². The minimum absolute atomic E-state index is 0.0802. The third-order valence-corrected chi connectivity index (χ3v) is 1.33. The number of nitrogens with zero attached hydrogens (tertiary/aromatic N) is 1. The molecule has 0 saturated carbocycles. The van der Waals surface area contributed by atoms with Gasteiger partial charge in [-0.25, -0.2) is 0 Å².